The molecular weight excluding hydrogens is 465 g/mol. The molecule has 0 spiro atoms. The van der Waals surface area contributed by atoms with Gasteiger partial charge in [0.05, 0.1) is 21.7 Å². The zero-order chi connectivity index (χ0) is 20.1. The first-order valence-corrected chi connectivity index (χ1v) is 10.2. The van der Waals surface area contributed by atoms with E-state index in [9.17, 15) is 4.79 Å². The number of amides is 1. The molecule has 0 atom stereocenters. The molecule has 0 aliphatic heterocycles. The number of nitrogens with zero attached hydrogens (tertiary/aromatic N) is 2. The molecular formula is C20H18BrCl2N3O2. The van der Waals surface area contributed by atoms with Gasteiger partial charge in [-0.1, -0.05) is 35.3 Å². The lowest BCUT2D eigenvalue weighted by molar-refractivity contribution is 0.0950. The number of halogens is 3. The summed E-state index contributed by atoms with van der Waals surface area (Å²) >= 11 is 15.4. The number of rotatable bonds is 7. The van der Waals surface area contributed by atoms with Crippen molar-refractivity contribution in [2.24, 2.45) is 0 Å². The molecule has 0 unspecified atom stereocenters. The molecule has 1 aromatic heterocycles. The summed E-state index contributed by atoms with van der Waals surface area (Å²) in [6.45, 7) is 3.47. The number of hydrogen-bond acceptors (Lipinski definition) is 3. The average molecular weight is 483 g/mol. The maximum absolute atomic E-state index is 12.4. The molecule has 0 saturated carbocycles. The van der Waals surface area contributed by atoms with Gasteiger partial charge in [-0.15, -0.1) is 0 Å². The lowest BCUT2D eigenvalue weighted by Gasteiger charge is -2.09. The van der Waals surface area contributed by atoms with Gasteiger partial charge in [0.1, 0.15) is 12.4 Å². The highest BCUT2D eigenvalue weighted by molar-refractivity contribution is 9.10. The minimum absolute atomic E-state index is 0.161. The highest BCUT2D eigenvalue weighted by Crippen LogP contribution is 2.28. The van der Waals surface area contributed by atoms with Gasteiger partial charge in [0, 0.05) is 23.3 Å². The Morgan fingerprint density at radius 3 is 2.61 bits per heavy atom. The number of hydrogen-bond donors (Lipinski definition) is 1. The van der Waals surface area contributed by atoms with Gasteiger partial charge in [-0.2, -0.15) is 5.10 Å². The summed E-state index contributed by atoms with van der Waals surface area (Å²) in [5.74, 6) is 0.399. The third-order valence-electron chi connectivity index (χ3n) is 4.03. The summed E-state index contributed by atoms with van der Waals surface area (Å²) < 4.78 is 8.39. The Labute approximate surface area is 181 Å². The maximum Gasteiger partial charge on any atom is 0.251 e. The van der Waals surface area contributed by atoms with Crippen LogP contribution in [0.15, 0.2) is 53.1 Å². The van der Waals surface area contributed by atoms with Gasteiger partial charge < -0.3 is 10.1 Å². The molecule has 8 heteroatoms. The zero-order valence-corrected chi connectivity index (χ0v) is 18.2. The molecule has 3 rings (SSSR count). The molecule has 2 aromatic carbocycles. The molecule has 1 N–H and O–H groups in total. The van der Waals surface area contributed by atoms with E-state index in [1.165, 1.54) is 0 Å². The van der Waals surface area contributed by atoms with E-state index in [0.29, 0.717) is 34.5 Å². The molecule has 1 amide bonds. The largest absolute Gasteiger partial charge is 0.487 e. The van der Waals surface area contributed by atoms with Crippen molar-refractivity contribution in [2.75, 3.05) is 0 Å². The standard InChI is InChI=1S/C20H18BrCl2N3O2/c1-2-26-11-16(21)18(25-26)10-24-20(27)14-5-3-13(4-6-14)12-28-19-8-7-15(22)9-17(19)23/h3-9,11H,2,10,12H2,1H3,(H,24,27). The van der Waals surface area contributed by atoms with E-state index in [4.69, 9.17) is 27.9 Å². The number of carbonyl (C=O) groups is 1. The van der Waals surface area contributed by atoms with Crippen LogP contribution in [0.5, 0.6) is 5.75 Å². The first-order valence-electron chi connectivity index (χ1n) is 8.63. The van der Waals surface area contributed by atoms with Crippen LogP contribution >= 0.6 is 39.1 Å². The average Bonchev–Trinajstić information content (AvgIpc) is 3.05. The molecule has 3 aromatic rings. The predicted molar refractivity (Wildman–Crippen MR) is 114 cm³/mol. The normalized spacial score (nSPS) is 10.7. The van der Waals surface area contributed by atoms with Crippen LogP contribution in [0, 0.1) is 0 Å². The lowest BCUT2D eigenvalue weighted by Crippen LogP contribution is -2.23. The van der Waals surface area contributed by atoms with Crippen LogP contribution in [0.25, 0.3) is 0 Å². The summed E-state index contributed by atoms with van der Waals surface area (Å²) in [6.07, 6.45) is 1.89. The Morgan fingerprint density at radius 1 is 1.21 bits per heavy atom. The van der Waals surface area contributed by atoms with E-state index >= 15 is 0 Å². The Balaban J connectivity index is 1.55. The first-order chi connectivity index (χ1) is 13.5. The van der Waals surface area contributed by atoms with Crippen LogP contribution in [0.3, 0.4) is 0 Å². The number of carbonyl (C=O) groups excluding carboxylic acids is 1. The summed E-state index contributed by atoms with van der Waals surface area (Å²) in [4.78, 5) is 12.4. The molecule has 5 nitrogen and oxygen atoms in total. The highest BCUT2D eigenvalue weighted by atomic mass is 79.9. The Hall–Kier alpha value is -2.02. The third-order valence-corrected chi connectivity index (χ3v) is 5.22. The Morgan fingerprint density at radius 2 is 1.96 bits per heavy atom. The lowest BCUT2D eigenvalue weighted by atomic mass is 10.1. The summed E-state index contributed by atoms with van der Waals surface area (Å²) in [7, 11) is 0. The smallest absolute Gasteiger partial charge is 0.251 e. The fourth-order valence-corrected chi connectivity index (χ4v) is 3.41. The summed E-state index contributed by atoms with van der Waals surface area (Å²) in [5, 5.41) is 8.29. The molecule has 0 radical (unpaired) electrons. The molecule has 1 heterocycles. The minimum Gasteiger partial charge on any atom is -0.487 e. The fourth-order valence-electron chi connectivity index (χ4n) is 2.49. The van der Waals surface area contributed by atoms with E-state index in [1.54, 1.807) is 30.3 Å². The predicted octanol–water partition coefficient (Wildman–Crippen LogP) is 5.48. The monoisotopic (exact) mass is 481 g/mol. The van der Waals surface area contributed by atoms with Crippen molar-refractivity contribution in [3.05, 3.63) is 80.0 Å². The van der Waals surface area contributed by atoms with E-state index in [2.05, 4.69) is 26.3 Å². The van der Waals surface area contributed by atoms with Gasteiger partial charge in [-0.05, 0) is 58.7 Å². The maximum atomic E-state index is 12.4. The van der Waals surface area contributed by atoms with Crippen LogP contribution in [-0.2, 0) is 19.7 Å². The van der Waals surface area contributed by atoms with Gasteiger partial charge in [-0.3, -0.25) is 9.48 Å². The molecule has 0 aliphatic rings. The SMILES string of the molecule is CCn1cc(Br)c(CNC(=O)c2ccc(COc3ccc(Cl)cc3Cl)cc2)n1. The highest BCUT2D eigenvalue weighted by Gasteiger charge is 2.10. The van der Waals surface area contributed by atoms with Crippen molar-refractivity contribution in [3.63, 3.8) is 0 Å². The second kappa shape index (κ2) is 9.45. The van der Waals surface area contributed by atoms with Crippen LogP contribution in [-0.4, -0.2) is 15.7 Å². The number of ether oxygens (including phenoxy) is 1. The van der Waals surface area contributed by atoms with Gasteiger partial charge in [-0.25, -0.2) is 0 Å². The number of nitrogens with one attached hydrogen (secondary N) is 1. The molecule has 0 bridgehead atoms. The third kappa shape index (κ3) is 5.28. The van der Waals surface area contributed by atoms with Gasteiger partial charge in [0.15, 0.2) is 0 Å². The van der Waals surface area contributed by atoms with Crippen LogP contribution in [0.1, 0.15) is 28.5 Å². The topological polar surface area (TPSA) is 56.2 Å². The van der Waals surface area contributed by atoms with Crippen molar-refractivity contribution in [2.45, 2.75) is 26.6 Å². The van der Waals surface area contributed by atoms with Gasteiger partial charge >= 0.3 is 0 Å². The summed E-state index contributed by atoms with van der Waals surface area (Å²) in [5.41, 5.74) is 2.28. The van der Waals surface area contributed by atoms with E-state index < -0.39 is 0 Å². The van der Waals surface area contributed by atoms with Crippen molar-refractivity contribution < 1.29 is 9.53 Å². The van der Waals surface area contributed by atoms with E-state index in [-0.39, 0.29) is 5.91 Å². The Bertz CT molecular complexity index is 974. The van der Waals surface area contributed by atoms with Gasteiger partial charge in [0.2, 0.25) is 0 Å². The molecule has 28 heavy (non-hydrogen) atoms. The van der Waals surface area contributed by atoms with Crippen LogP contribution in [0.4, 0.5) is 0 Å². The fraction of sp³-hybridized carbons (Fsp3) is 0.200. The molecule has 0 saturated heterocycles. The number of aryl methyl sites for hydroxylation is 1. The summed E-state index contributed by atoms with van der Waals surface area (Å²) in [6, 6.07) is 12.3. The first kappa shape index (κ1) is 20.7. The van der Waals surface area contributed by atoms with Crippen molar-refractivity contribution >= 4 is 45.0 Å². The van der Waals surface area contributed by atoms with Crippen molar-refractivity contribution in [1.82, 2.24) is 15.1 Å². The molecule has 146 valence electrons. The minimum atomic E-state index is -0.161. The number of aromatic nitrogens is 2. The Kier molecular flexibility index (Phi) is 6.99. The van der Waals surface area contributed by atoms with Crippen LogP contribution in [0.2, 0.25) is 10.0 Å². The van der Waals surface area contributed by atoms with Crippen molar-refractivity contribution in [1.29, 1.82) is 0 Å². The number of benzene rings is 2. The zero-order valence-electron chi connectivity index (χ0n) is 15.1. The second-order valence-corrected chi connectivity index (χ2v) is 7.72. The van der Waals surface area contributed by atoms with E-state index in [1.807, 2.05) is 29.9 Å². The molecule has 0 aliphatic carbocycles. The molecule has 0 fully saturated rings. The van der Waals surface area contributed by atoms with Crippen LogP contribution < -0.4 is 10.1 Å². The second-order valence-electron chi connectivity index (χ2n) is 6.02. The van der Waals surface area contributed by atoms with Crippen molar-refractivity contribution in [3.8, 4) is 5.75 Å². The van der Waals surface area contributed by atoms with E-state index in [0.717, 1.165) is 22.3 Å². The van der Waals surface area contributed by atoms with Gasteiger partial charge in [0.25, 0.3) is 5.91 Å². The quantitative estimate of drug-likeness (QED) is 0.485.